The van der Waals surface area contributed by atoms with E-state index in [1.807, 2.05) is 56.3 Å². The maximum Gasteiger partial charge on any atom is 0.323 e. The van der Waals surface area contributed by atoms with E-state index in [0.29, 0.717) is 18.1 Å². The normalized spacial score (nSPS) is 10.8. The topological polar surface area (TPSA) is 71.1 Å². The van der Waals surface area contributed by atoms with Gasteiger partial charge in [-0.05, 0) is 49.9 Å². The summed E-state index contributed by atoms with van der Waals surface area (Å²) in [4.78, 5) is 25.6. The van der Waals surface area contributed by atoms with Crippen molar-refractivity contribution >= 4 is 11.9 Å². The molecule has 32 heavy (non-hydrogen) atoms. The molecule has 0 saturated heterocycles. The molecule has 0 aliphatic carbocycles. The number of carbonyl (C=O) groups is 2. The summed E-state index contributed by atoms with van der Waals surface area (Å²) in [6.45, 7) is 4.28. The van der Waals surface area contributed by atoms with E-state index in [4.69, 9.17) is 18.9 Å². The highest BCUT2D eigenvalue weighted by atomic mass is 16.5. The van der Waals surface area contributed by atoms with Gasteiger partial charge < -0.3 is 18.9 Å². The minimum Gasteiger partial charge on any atom is -0.493 e. The lowest BCUT2D eigenvalue weighted by Gasteiger charge is -2.27. The highest BCUT2D eigenvalue weighted by Gasteiger charge is 2.47. The van der Waals surface area contributed by atoms with Crippen LogP contribution >= 0.6 is 0 Å². The van der Waals surface area contributed by atoms with Gasteiger partial charge in [-0.15, -0.1) is 0 Å². The van der Waals surface area contributed by atoms with Crippen molar-refractivity contribution in [3.8, 4) is 11.5 Å². The maximum absolute atomic E-state index is 12.8. The lowest BCUT2D eigenvalue weighted by Crippen LogP contribution is -2.43. The van der Waals surface area contributed by atoms with Crippen molar-refractivity contribution in [2.75, 3.05) is 27.9 Å². The molecule has 6 nitrogen and oxygen atoms in total. The zero-order chi connectivity index (χ0) is 23.6. The first-order chi connectivity index (χ1) is 15.4. The van der Waals surface area contributed by atoms with E-state index in [-0.39, 0.29) is 12.8 Å². The Kier molecular flexibility index (Phi) is 9.32. The SMILES string of the molecule is COC(=O)C(CC=C(C)C)(Cc1ccc(OC)c(OCCc2ccccc2)c1)C(=O)OC. The Morgan fingerprint density at radius 1 is 0.875 bits per heavy atom. The second kappa shape index (κ2) is 11.9. The first-order valence-electron chi connectivity index (χ1n) is 10.5. The molecule has 2 aromatic rings. The highest BCUT2D eigenvalue weighted by molar-refractivity contribution is 6.00. The van der Waals surface area contributed by atoms with Gasteiger partial charge in [0.15, 0.2) is 16.9 Å². The fourth-order valence-electron chi connectivity index (χ4n) is 3.45. The lowest BCUT2D eigenvalue weighted by atomic mass is 9.78. The van der Waals surface area contributed by atoms with Gasteiger partial charge in [-0.25, -0.2) is 0 Å². The van der Waals surface area contributed by atoms with Crippen LogP contribution in [-0.2, 0) is 31.9 Å². The summed E-state index contributed by atoms with van der Waals surface area (Å²) in [6.07, 6.45) is 2.86. The van der Waals surface area contributed by atoms with Crippen LogP contribution in [0, 0.1) is 5.41 Å². The van der Waals surface area contributed by atoms with Crippen LogP contribution in [0.3, 0.4) is 0 Å². The number of rotatable bonds is 11. The zero-order valence-electron chi connectivity index (χ0n) is 19.5. The predicted octanol–water partition coefficient (Wildman–Crippen LogP) is 4.55. The molecular weight excluding hydrogens is 408 g/mol. The van der Waals surface area contributed by atoms with Crippen molar-refractivity contribution in [2.45, 2.75) is 33.1 Å². The van der Waals surface area contributed by atoms with E-state index < -0.39 is 17.4 Å². The second-order valence-electron chi connectivity index (χ2n) is 7.80. The van der Waals surface area contributed by atoms with E-state index in [1.54, 1.807) is 19.2 Å². The molecule has 2 aromatic carbocycles. The van der Waals surface area contributed by atoms with E-state index in [1.165, 1.54) is 19.8 Å². The molecule has 0 heterocycles. The standard InChI is InChI=1S/C26H32O6/c1-19(2)13-15-26(24(27)30-4,25(28)31-5)18-21-11-12-22(29-3)23(17-21)32-16-14-20-9-7-6-8-10-20/h6-13,17H,14-16,18H2,1-5H3. The predicted molar refractivity (Wildman–Crippen MR) is 123 cm³/mol. The van der Waals surface area contributed by atoms with Crippen LogP contribution in [0.4, 0.5) is 0 Å². The quantitative estimate of drug-likeness (QED) is 0.290. The van der Waals surface area contributed by atoms with E-state index in [9.17, 15) is 9.59 Å². The van der Waals surface area contributed by atoms with Crippen molar-refractivity contribution in [2.24, 2.45) is 5.41 Å². The summed E-state index contributed by atoms with van der Waals surface area (Å²) in [6, 6.07) is 15.4. The smallest absolute Gasteiger partial charge is 0.323 e. The highest BCUT2D eigenvalue weighted by Crippen LogP contribution is 2.35. The molecular formula is C26H32O6. The third-order valence-corrected chi connectivity index (χ3v) is 5.24. The van der Waals surface area contributed by atoms with Gasteiger partial charge in [-0.1, -0.05) is 48.0 Å². The molecule has 0 unspecified atom stereocenters. The Morgan fingerprint density at radius 3 is 2.09 bits per heavy atom. The van der Waals surface area contributed by atoms with Crippen LogP contribution in [0.15, 0.2) is 60.2 Å². The van der Waals surface area contributed by atoms with Crippen molar-refractivity contribution in [3.05, 3.63) is 71.3 Å². The molecule has 172 valence electrons. The largest absolute Gasteiger partial charge is 0.493 e. The average molecular weight is 441 g/mol. The van der Waals surface area contributed by atoms with Gasteiger partial charge in [0.1, 0.15) is 0 Å². The molecule has 0 aliphatic rings. The van der Waals surface area contributed by atoms with Gasteiger partial charge >= 0.3 is 11.9 Å². The van der Waals surface area contributed by atoms with Gasteiger partial charge in [0.25, 0.3) is 0 Å². The summed E-state index contributed by atoms with van der Waals surface area (Å²) in [5.41, 5.74) is 1.40. The Hall–Kier alpha value is -3.28. The number of hydrogen-bond acceptors (Lipinski definition) is 6. The summed E-state index contributed by atoms with van der Waals surface area (Å²) >= 11 is 0. The minimum absolute atomic E-state index is 0.106. The molecule has 0 bridgehead atoms. The fourth-order valence-corrected chi connectivity index (χ4v) is 3.45. The van der Waals surface area contributed by atoms with Crippen LogP contribution in [0.2, 0.25) is 0 Å². The van der Waals surface area contributed by atoms with Crippen LogP contribution in [0.25, 0.3) is 0 Å². The Balaban J connectivity index is 2.32. The van der Waals surface area contributed by atoms with Crippen LogP contribution in [0.1, 0.15) is 31.4 Å². The van der Waals surface area contributed by atoms with Crippen molar-refractivity contribution < 1.29 is 28.5 Å². The van der Waals surface area contributed by atoms with Gasteiger partial charge in [0.05, 0.1) is 27.9 Å². The molecule has 2 rings (SSSR count). The molecule has 0 N–H and O–H groups in total. The van der Waals surface area contributed by atoms with Crippen molar-refractivity contribution in [1.82, 2.24) is 0 Å². The molecule has 6 heteroatoms. The summed E-state index contributed by atoms with van der Waals surface area (Å²) in [7, 11) is 4.12. The number of allylic oxidation sites excluding steroid dienone is 2. The number of methoxy groups -OCH3 is 3. The van der Waals surface area contributed by atoms with Crippen molar-refractivity contribution in [3.63, 3.8) is 0 Å². The number of ether oxygens (including phenoxy) is 4. The minimum atomic E-state index is -1.49. The summed E-state index contributed by atoms with van der Waals surface area (Å²) in [5, 5.41) is 0. The zero-order valence-corrected chi connectivity index (χ0v) is 19.5. The number of hydrogen-bond donors (Lipinski definition) is 0. The Labute approximate surface area is 190 Å². The lowest BCUT2D eigenvalue weighted by molar-refractivity contribution is -0.169. The van der Waals surface area contributed by atoms with E-state index in [2.05, 4.69) is 0 Å². The molecule has 0 atom stereocenters. The van der Waals surface area contributed by atoms with Gasteiger partial charge in [0, 0.05) is 6.42 Å². The van der Waals surface area contributed by atoms with Crippen LogP contribution in [-0.4, -0.2) is 39.9 Å². The molecule has 0 aromatic heterocycles. The molecule has 0 radical (unpaired) electrons. The van der Waals surface area contributed by atoms with E-state index >= 15 is 0 Å². The third kappa shape index (κ3) is 6.36. The molecule has 0 fully saturated rings. The first-order valence-corrected chi connectivity index (χ1v) is 10.5. The molecule has 0 aliphatic heterocycles. The number of esters is 2. The Morgan fingerprint density at radius 2 is 1.53 bits per heavy atom. The van der Waals surface area contributed by atoms with Gasteiger partial charge in [-0.2, -0.15) is 0 Å². The third-order valence-electron chi connectivity index (χ3n) is 5.24. The van der Waals surface area contributed by atoms with Crippen LogP contribution < -0.4 is 9.47 Å². The van der Waals surface area contributed by atoms with Crippen LogP contribution in [0.5, 0.6) is 11.5 Å². The monoisotopic (exact) mass is 440 g/mol. The Bertz CT molecular complexity index is 913. The van der Waals surface area contributed by atoms with Gasteiger partial charge in [0.2, 0.25) is 0 Å². The fraction of sp³-hybridized carbons (Fsp3) is 0.385. The number of benzene rings is 2. The first kappa shape index (κ1) is 25.0. The number of carbonyl (C=O) groups excluding carboxylic acids is 2. The summed E-state index contributed by atoms with van der Waals surface area (Å²) < 4.78 is 21.4. The average Bonchev–Trinajstić information content (AvgIpc) is 2.81. The molecule has 0 amide bonds. The molecule has 0 saturated carbocycles. The maximum atomic E-state index is 12.8. The van der Waals surface area contributed by atoms with E-state index in [0.717, 1.165) is 17.6 Å². The molecule has 0 spiro atoms. The van der Waals surface area contributed by atoms with Crippen molar-refractivity contribution in [1.29, 1.82) is 0 Å². The summed E-state index contributed by atoms with van der Waals surface area (Å²) in [5.74, 6) is -0.145. The second-order valence-corrected chi connectivity index (χ2v) is 7.80. The van der Waals surface area contributed by atoms with Gasteiger partial charge in [-0.3, -0.25) is 9.59 Å².